The molecule has 0 bridgehead atoms. The maximum absolute atomic E-state index is 5.47. The van der Waals surface area contributed by atoms with E-state index in [2.05, 4.69) is 35.9 Å². The predicted molar refractivity (Wildman–Crippen MR) is 84.2 cm³/mol. The van der Waals surface area contributed by atoms with E-state index >= 15 is 0 Å². The van der Waals surface area contributed by atoms with Crippen molar-refractivity contribution in [2.24, 2.45) is 5.92 Å². The summed E-state index contributed by atoms with van der Waals surface area (Å²) in [5.74, 6) is 1.58. The fourth-order valence-electron chi connectivity index (χ4n) is 2.96. The van der Waals surface area contributed by atoms with Crippen molar-refractivity contribution in [2.45, 2.75) is 26.8 Å². The van der Waals surface area contributed by atoms with Crippen molar-refractivity contribution >= 4 is 10.9 Å². The number of aromatic nitrogens is 2. The molecule has 112 valence electrons. The standard InChI is InChI=1S/C17H23N3O/c1-3-20(10-14-8-9-21-12-14)11-17-18-13(2)15-6-4-5-7-16(15)19-17/h4-7,14H,3,8-12H2,1-2H3/t14-/m0/s1. The molecule has 1 atom stereocenters. The van der Waals surface area contributed by atoms with Gasteiger partial charge < -0.3 is 4.74 Å². The van der Waals surface area contributed by atoms with Gasteiger partial charge in [-0.3, -0.25) is 4.90 Å². The molecule has 21 heavy (non-hydrogen) atoms. The van der Waals surface area contributed by atoms with Crippen molar-refractivity contribution in [1.29, 1.82) is 0 Å². The first kappa shape index (κ1) is 14.4. The summed E-state index contributed by atoms with van der Waals surface area (Å²) in [6.07, 6.45) is 1.17. The van der Waals surface area contributed by atoms with Crippen molar-refractivity contribution in [3.8, 4) is 0 Å². The average molecular weight is 285 g/mol. The molecular formula is C17H23N3O. The molecule has 3 rings (SSSR count). The molecule has 0 radical (unpaired) electrons. The Balaban J connectivity index is 1.76. The van der Waals surface area contributed by atoms with Crippen LogP contribution >= 0.6 is 0 Å². The van der Waals surface area contributed by atoms with E-state index in [1.165, 1.54) is 6.42 Å². The summed E-state index contributed by atoms with van der Waals surface area (Å²) in [7, 11) is 0. The van der Waals surface area contributed by atoms with Crippen LogP contribution in [0, 0.1) is 12.8 Å². The first-order valence-electron chi connectivity index (χ1n) is 7.78. The predicted octanol–water partition coefficient (Wildman–Crippen LogP) is 2.80. The Kier molecular flexibility index (Phi) is 4.46. The second kappa shape index (κ2) is 6.50. The molecule has 1 aromatic heterocycles. The molecule has 1 aliphatic rings. The molecule has 4 heteroatoms. The lowest BCUT2D eigenvalue weighted by atomic mass is 10.1. The molecule has 0 N–H and O–H groups in total. The topological polar surface area (TPSA) is 38.2 Å². The minimum atomic E-state index is 0.659. The van der Waals surface area contributed by atoms with Crippen LogP contribution < -0.4 is 0 Å². The first-order chi connectivity index (χ1) is 10.3. The summed E-state index contributed by atoms with van der Waals surface area (Å²) in [6.45, 7) is 8.98. The van der Waals surface area contributed by atoms with Crippen molar-refractivity contribution in [1.82, 2.24) is 14.9 Å². The number of nitrogens with zero attached hydrogens (tertiary/aromatic N) is 3. The zero-order chi connectivity index (χ0) is 14.7. The molecule has 0 amide bonds. The number of aryl methyl sites for hydroxylation is 1. The van der Waals surface area contributed by atoms with Gasteiger partial charge in [0.25, 0.3) is 0 Å². The minimum Gasteiger partial charge on any atom is -0.381 e. The Morgan fingerprint density at radius 3 is 2.90 bits per heavy atom. The van der Waals surface area contributed by atoms with Crippen LogP contribution in [0.2, 0.25) is 0 Å². The highest BCUT2D eigenvalue weighted by Gasteiger charge is 2.19. The van der Waals surface area contributed by atoms with Crippen LogP contribution in [0.1, 0.15) is 24.9 Å². The van der Waals surface area contributed by atoms with E-state index in [1.807, 2.05) is 12.1 Å². The van der Waals surface area contributed by atoms with Crippen LogP contribution in [0.25, 0.3) is 10.9 Å². The minimum absolute atomic E-state index is 0.659. The second-order valence-corrected chi connectivity index (χ2v) is 5.80. The van der Waals surface area contributed by atoms with E-state index in [-0.39, 0.29) is 0 Å². The van der Waals surface area contributed by atoms with Gasteiger partial charge in [0.05, 0.1) is 18.7 Å². The molecule has 0 aliphatic carbocycles. The van der Waals surface area contributed by atoms with E-state index in [0.717, 1.165) is 55.3 Å². The zero-order valence-electron chi connectivity index (χ0n) is 12.9. The van der Waals surface area contributed by atoms with Gasteiger partial charge >= 0.3 is 0 Å². The van der Waals surface area contributed by atoms with Crippen molar-refractivity contribution < 1.29 is 4.74 Å². The van der Waals surface area contributed by atoms with Crippen LogP contribution in [0.5, 0.6) is 0 Å². The van der Waals surface area contributed by atoms with Crippen LogP contribution in [0.15, 0.2) is 24.3 Å². The van der Waals surface area contributed by atoms with Crippen LogP contribution in [-0.4, -0.2) is 41.2 Å². The quantitative estimate of drug-likeness (QED) is 0.846. The highest BCUT2D eigenvalue weighted by atomic mass is 16.5. The Morgan fingerprint density at radius 1 is 1.29 bits per heavy atom. The largest absolute Gasteiger partial charge is 0.381 e. The van der Waals surface area contributed by atoms with Gasteiger partial charge in [-0.2, -0.15) is 0 Å². The zero-order valence-corrected chi connectivity index (χ0v) is 12.9. The fourth-order valence-corrected chi connectivity index (χ4v) is 2.96. The molecule has 2 heterocycles. The third-order valence-corrected chi connectivity index (χ3v) is 4.19. The van der Waals surface area contributed by atoms with E-state index in [0.29, 0.717) is 5.92 Å². The second-order valence-electron chi connectivity index (χ2n) is 5.80. The number of ether oxygens (including phenoxy) is 1. The molecule has 0 spiro atoms. The monoisotopic (exact) mass is 285 g/mol. The lowest BCUT2D eigenvalue weighted by Gasteiger charge is -2.22. The Morgan fingerprint density at radius 2 is 2.14 bits per heavy atom. The molecule has 2 aromatic rings. The first-order valence-corrected chi connectivity index (χ1v) is 7.78. The number of rotatable bonds is 5. The molecule has 0 unspecified atom stereocenters. The summed E-state index contributed by atoms with van der Waals surface area (Å²) in [4.78, 5) is 11.8. The Bertz CT molecular complexity index is 608. The van der Waals surface area contributed by atoms with E-state index in [1.54, 1.807) is 0 Å². The number of hydrogen-bond acceptors (Lipinski definition) is 4. The van der Waals surface area contributed by atoms with Gasteiger partial charge in [0.15, 0.2) is 0 Å². The highest BCUT2D eigenvalue weighted by molar-refractivity contribution is 5.80. The van der Waals surface area contributed by atoms with E-state index in [9.17, 15) is 0 Å². The summed E-state index contributed by atoms with van der Waals surface area (Å²) >= 11 is 0. The number of benzene rings is 1. The number of hydrogen-bond donors (Lipinski definition) is 0. The lowest BCUT2D eigenvalue weighted by molar-refractivity contribution is 0.166. The molecule has 1 fully saturated rings. The third-order valence-electron chi connectivity index (χ3n) is 4.19. The molecule has 1 aromatic carbocycles. The summed E-state index contributed by atoms with van der Waals surface area (Å²) in [5, 5.41) is 1.15. The lowest BCUT2D eigenvalue weighted by Crippen LogP contribution is -2.30. The van der Waals surface area contributed by atoms with Gasteiger partial charge in [0.2, 0.25) is 0 Å². The van der Waals surface area contributed by atoms with E-state index in [4.69, 9.17) is 9.72 Å². The Labute approximate surface area is 126 Å². The molecule has 4 nitrogen and oxygen atoms in total. The summed E-state index contributed by atoms with van der Waals surface area (Å²) in [6, 6.07) is 8.22. The Hall–Kier alpha value is -1.52. The van der Waals surface area contributed by atoms with Gasteiger partial charge in [-0.05, 0) is 31.9 Å². The fraction of sp³-hybridized carbons (Fsp3) is 0.529. The smallest absolute Gasteiger partial charge is 0.143 e. The van der Waals surface area contributed by atoms with Crippen molar-refractivity contribution in [2.75, 3.05) is 26.3 Å². The van der Waals surface area contributed by atoms with E-state index < -0.39 is 0 Å². The van der Waals surface area contributed by atoms with Gasteiger partial charge in [-0.25, -0.2) is 9.97 Å². The third kappa shape index (κ3) is 3.39. The van der Waals surface area contributed by atoms with Crippen LogP contribution in [0.4, 0.5) is 0 Å². The van der Waals surface area contributed by atoms with Gasteiger partial charge in [-0.1, -0.05) is 25.1 Å². The van der Waals surface area contributed by atoms with Crippen LogP contribution in [0.3, 0.4) is 0 Å². The van der Waals surface area contributed by atoms with Gasteiger partial charge in [-0.15, -0.1) is 0 Å². The number of para-hydroxylation sites is 1. The van der Waals surface area contributed by atoms with Crippen molar-refractivity contribution in [3.05, 3.63) is 35.8 Å². The SMILES string of the molecule is CCN(Cc1nc(C)c2ccccc2n1)C[C@@H]1CCOC1. The highest BCUT2D eigenvalue weighted by Crippen LogP contribution is 2.17. The normalized spacial score (nSPS) is 18.7. The summed E-state index contributed by atoms with van der Waals surface area (Å²) < 4.78 is 5.47. The molecule has 1 aliphatic heterocycles. The van der Waals surface area contributed by atoms with Gasteiger partial charge in [0, 0.05) is 24.2 Å². The molecule has 1 saturated heterocycles. The average Bonchev–Trinajstić information content (AvgIpc) is 2.99. The maximum Gasteiger partial charge on any atom is 0.143 e. The summed E-state index contributed by atoms with van der Waals surface area (Å²) in [5.41, 5.74) is 2.11. The van der Waals surface area contributed by atoms with Crippen LogP contribution in [-0.2, 0) is 11.3 Å². The molecule has 0 saturated carbocycles. The van der Waals surface area contributed by atoms with Crippen molar-refractivity contribution in [3.63, 3.8) is 0 Å². The maximum atomic E-state index is 5.47. The van der Waals surface area contributed by atoms with Gasteiger partial charge in [0.1, 0.15) is 5.82 Å². The number of fused-ring (bicyclic) bond motifs is 1. The molecular weight excluding hydrogens is 262 g/mol.